The van der Waals surface area contributed by atoms with Gasteiger partial charge >= 0.3 is 6.03 Å². The zero-order valence-corrected chi connectivity index (χ0v) is 12.9. The SMILES string of the molecule is Cc1cc(NC(=O)C2CCN(C(=O)N(C)C)CC2)sn1. The summed E-state index contributed by atoms with van der Waals surface area (Å²) in [5, 5.41) is 3.69. The minimum absolute atomic E-state index is 0.0157. The number of nitrogens with zero attached hydrogens (tertiary/aromatic N) is 3. The Morgan fingerprint density at radius 3 is 2.55 bits per heavy atom. The number of hydrogen-bond acceptors (Lipinski definition) is 4. The first kappa shape index (κ1) is 14.8. The molecule has 20 heavy (non-hydrogen) atoms. The summed E-state index contributed by atoms with van der Waals surface area (Å²) < 4.78 is 4.14. The quantitative estimate of drug-likeness (QED) is 0.904. The molecule has 1 fully saturated rings. The van der Waals surface area contributed by atoms with Gasteiger partial charge in [-0.05, 0) is 37.4 Å². The second-order valence-electron chi connectivity index (χ2n) is 5.26. The monoisotopic (exact) mass is 296 g/mol. The highest BCUT2D eigenvalue weighted by Crippen LogP contribution is 2.22. The molecule has 0 aliphatic carbocycles. The second-order valence-corrected chi connectivity index (χ2v) is 6.07. The predicted octanol–water partition coefficient (Wildman–Crippen LogP) is 1.78. The highest BCUT2D eigenvalue weighted by atomic mass is 32.1. The van der Waals surface area contributed by atoms with Crippen LogP contribution in [-0.2, 0) is 4.79 Å². The van der Waals surface area contributed by atoms with Crippen molar-refractivity contribution in [2.45, 2.75) is 19.8 Å². The van der Waals surface area contributed by atoms with E-state index in [0.717, 1.165) is 10.7 Å². The number of hydrogen-bond donors (Lipinski definition) is 1. The fourth-order valence-corrected chi connectivity index (χ4v) is 2.93. The van der Waals surface area contributed by atoms with Crippen LogP contribution in [0.5, 0.6) is 0 Å². The first-order valence-corrected chi connectivity index (χ1v) is 7.45. The van der Waals surface area contributed by atoms with Crippen molar-refractivity contribution in [2.24, 2.45) is 5.92 Å². The van der Waals surface area contributed by atoms with Gasteiger partial charge in [0.15, 0.2) is 0 Å². The smallest absolute Gasteiger partial charge is 0.319 e. The molecule has 7 heteroatoms. The van der Waals surface area contributed by atoms with E-state index in [0.29, 0.717) is 25.9 Å². The third-order valence-electron chi connectivity index (χ3n) is 3.39. The Balaban J connectivity index is 1.84. The van der Waals surface area contributed by atoms with Crippen molar-refractivity contribution in [1.29, 1.82) is 0 Å². The van der Waals surface area contributed by atoms with Gasteiger partial charge in [-0.15, -0.1) is 0 Å². The zero-order chi connectivity index (χ0) is 14.7. The van der Waals surface area contributed by atoms with Gasteiger partial charge in [-0.1, -0.05) is 0 Å². The van der Waals surface area contributed by atoms with Gasteiger partial charge < -0.3 is 15.1 Å². The minimum atomic E-state index is -0.0244. The van der Waals surface area contributed by atoms with Crippen molar-refractivity contribution < 1.29 is 9.59 Å². The summed E-state index contributed by atoms with van der Waals surface area (Å²) in [6.45, 7) is 3.17. The van der Waals surface area contributed by atoms with Gasteiger partial charge in [-0.3, -0.25) is 4.79 Å². The second kappa shape index (κ2) is 6.21. The number of carbonyl (C=O) groups is 2. The Labute approximate surface area is 122 Å². The molecule has 110 valence electrons. The average molecular weight is 296 g/mol. The fraction of sp³-hybridized carbons (Fsp3) is 0.615. The average Bonchev–Trinajstić information content (AvgIpc) is 2.83. The number of likely N-dealkylation sites (tertiary alicyclic amines) is 1. The number of aromatic nitrogens is 1. The van der Waals surface area contributed by atoms with E-state index < -0.39 is 0 Å². The van der Waals surface area contributed by atoms with Crippen molar-refractivity contribution in [3.63, 3.8) is 0 Å². The van der Waals surface area contributed by atoms with Crippen molar-refractivity contribution in [3.05, 3.63) is 11.8 Å². The van der Waals surface area contributed by atoms with Gasteiger partial charge in [0.05, 0.1) is 5.69 Å². The first-order valence-electron chi connectivity index (χ1n) is 6.68. The van der Waals surface area contributed by atoms with Crippen molar-refractivity contribution >= 4 is 28.5 Å². The molecule has 0 radical (unpaired) electrons. The van der Waals surface area contributed by atoms with E-state index in [1.165, 1.54) is 11.5 Å². The molecular weight excluding hydrogens is 276 g/mol. The number of rotatable bonds is 2. The van der Waals surface area contributed by atoms with Gasteiger partial charge in [0, 0.05) is 33.1 Å². The molecule has 6 nitrogen and oxygen atoms in total. The van der Waals surface area contributed by atoms with Gasteiger partial charge in [-0.2, -0.15) is 4.37 Å². The van der Waals surface area contributed by atoms with Crippen LogP contribution in [-0.4, -0.2) is 53.3 Å². The summed E-state index contributed by atoms with van der Waals surface area (Å²) in [6, 6.07) is 1.88. The lowest BCUT2D eigenvalue weighted by Gasteiger charge is -2.32. The third-order valence-corrected chi connectivity index (χ3v) is 4.19. The number of amides is 3. The normalized spacial score (nSPS) is 16.1. The van der Waals surface area contributed by atoms with Crippen LogP contribution < -0.4 is 5.32 Å². The molecule has 3 amide bonds. The summed E-state index contributed by atoms with van der Waals surface area (Å²) in [4.78, 5) is 27.3. The van der Waals surface area contributed by atoms with Crippen LogP contribution in [0.3, 0.4) is 0 Å². The Hall–Kier alpha value is -1.63. The Morgan fingerprint density at radius 1 is 1.40 bits per heavy atom. The summed E-state index contributed by atoms with van der Waals surface area (Å²) >= 11 is 1.30. The molecule has 0 bridgehead atoms. The highest BCUT2D eigenvalue weighted by Gasteiger charge is 2.28. The van der Waals surface area contributed by atoms with E-state index in [1.54, 1.807) is 23.9 Å². The molecule has 1 N–H and O–H groups in total. The van der Waals surface area contributed by atoms with Crippen LogP contribution >= 0.6 is 11.5 Å². The lowest BCUT2D eigenvalue weighted by atomic mass is 9.96. The maximum absolute atomic E-state index is 12.1. The van der Waals surface area contributed by atoms with Crippen molar-refractivity contribution in [2.75, 3.05) is 32.5 Å². The van der Waals surface area contributed by atoms with Gasteiger partial charge in [0.2, 0.25) is 5.91 Å². The first-order chi connectivity index (χ1) is 9.47. The van der Waals surface area contributed by atoms with Crippen molar-refractivity contribution in [1.82, 2.24) is 14.2 Å². The maximum atomic E-state index is 12.1. The fourth-order valence-electron chi connectivity index (χ4n) is 2.26. The summed E-state index contributed by atoms with van der Waals surface area (Å²) in [5.74, 6) is 0.00854. The van der Waals surface area contributed by atoms with E-state index >= 15 is 0 Å². The molecular formula is C13H20N4O2S. The molecule has 0 atom stereocenters. The van der Waals surface area contributed by atoms with Crippen LogP contribution in [0, 0.1) is 12.8 Å². The third kappa shape index (κ3) is 3.47. The summed E-state index contributed by atoms with van der Waals surface area (Å²) in [6.07, 6.45) is 1.42. The zero-order valence-electron chi connectivity index (χ0n) is 12.0. The number of nitrogens with one attached hydrogen (secondary N) is 1. The molecule has 0 aromatic carbocycles. The molecule has 1 aromatic rings. The Kier molecular flexibility index (Phi) is 4.59. The molecule has 0 unspecified atom stereocenters. The number of aryl methyl sites for hydroxylation is 1. The van der Waals surface area contributed by atoms with Crippen molar-refractivity contribution in [3.8, 4) is 0 Å². The molecule has 0 spiro atoms. The topological polar surface area (TPSA) is 65.5 Å². The largest absolute Gasteiger partial charge is 0.331 e. The standard InChI is InChI=1S/C13H20N4O2S/c1-9-8-11(20-15-9)14-12(18)10-4-6-17(7-5-10)13(19)16(2)3/h8,10H,4-7H2,1-3H3,(H,14,18). The number of piperidine rings is 1. The van der Waals surface area contributed by atoms with Crippen LogP contribution in [0.1, 0.15) is 18.5 Å². The van der Waals surface area contributed by atoms with E-state index in [2.05, 4.69) is 9.69 Å². The number of anilines is 1. The Bertz CT molecular complexity index is 492. The van der Waals surface area contributed by atoms with E-state index in [1.807, 2.05) is 13.0 Å². The summed E-state index contributed by atoms with van der Waals surface area (Å²) in [7, 11) is 3.49. The maximum Gasteiger partial charge on any atom is 0.319 e. The number of urea groups is 1. The van der Waals surface area contributed by atoms with Crippen LogP contribution in [0.2, 0.25) is 0 Å². The van der Waals surface area contributed by atoms with Gasteiger partial charge in [0.1, 0.15) is 5.00 Å². The van der Waals surface area contributed by atoms with Crippen LogP contribution in [0.4, 0.5) is 9.80 Å². The molecule has 1 aromatic heterocycles. The van der Waals surface area contributed by atoms with Crippen LogP contribution in [0.15, 0.2) is 6.07 Å². The molecule has 1 aliphatic rings. The molecule has 2 rings (SSSR count). The lowest BCUT2D eigenvalue weighted by Crippen LogP contribution is -2.45. The number of carbonyl (C=O) groups excluding carboxylic acids is 2. The molecule has 0 saturated carbocycles. The predicted molar refractivity (Wildman–Crippen MR) is 78.9 cm³/mol. The Morgan fingerprint density at radius 2 is 2.05 bits per heavy atom. The van der Waals surface area contributed by atoms with E-state index in [-0.39, 0.29) is 17.9 Å². The van der Waals surface area contributed by atoms with E-state index in [9.17, 15) is 9.59 Å². The summed E-state index contributed by atoms with van der Waals surface area (Å²) in [5.41, 5.74) is 0.914. The van der Waals surface area contributed by atoms with Crippen LogP contribution in [0.25, 0.3) is 0 Å². The molecule has 1 aliphatic heterocycles. The van der Waals surface area contributed by atoms with Gasteiger partial charge in [0.25, 0.3) is 0 Å². The highest BCUT2D eigenvalue weighted by molar-refractivity contribution is 7.10. The lowest BCUT2D eigenvalue weighted by molar-refractivity contribution is -0.121. The molecule has 2 heterocycles. The minimum Gasteiger partial charge on any atom is -0.331 e. The molecule has 1 saturated heterocycles. The van der Waals surface area contributed by atoms with E-state index in [4.69, 9.17) is 0 Å². The van der Waals surface area contributed by atoms with Gasteiger partial charge in [-0.25, -0.2) is 4.79 Å².